The Labute approximate surface area is 147 Å². The van der Waals surface area contributed by atoms with E-state index in [1.54, 1.807) is 0 Å². The maximum absolute atomic E-state index is 12.4. The molecule has 0 unspecified atom stereocenters. The molecule has 3 rings (SSSR count). The average molecular weight is 349 g/mol. The van der Waals surface area contributed by atoms with Crippen LogP contribution >= 0.6 is 0 Å². The quantitative estimate of drug-likeness (QED) is 0.824. The summed E-state index contributed by atoms with van der Waals surface area (Å²) in [6.45, 7) is 7.00. The number of carbonyl (C=O) groups is 1. The van der Waals surface area contributed by atoms with Gasteiger partial charge in [-0.1, -0.05) is 0 Å². The minimum absolute atomic E-state index is 0.00352. The van der Waals surface area contributed by atoms with Crippen LogP contribution in [-0.2, 0) is 0 Å². The number of piperazine rings is 1. The lowest BCUT2D eigenvalue weighted by molar-refractivity contribution is -0.0125. The lowest BCUT2D eigenvalue weighted by Crippen LogP contribution is -2.64. The first kappa shape index (κ1) is 17.9. The van der Waals surface area contributed by atoms with Crippen LogP contribution in [0.15, 0.2) is 21.3 Å². The Morgan fingerprint density at radius 2 is 2.00 bits per heavy atom. The summed E-state index contributed by atoms with van der Waals surface area (Å²) in [5.41, 5.74) is -0.525. The van der Waals surface area contributed by atoms with Gasteiger partial charge >= 0.3 is 5.63 Å². The molecular weight excluding hydrogens is 322 g/mol. The standard InChI is InChI=1S/C18H27N3O4/c1-3-24-14-11-15(25-16(22)12-14)17(23)19-13-18(5-4-6-18)21-9-7-20(2)8-10-21/h11-12H,3-10,13H2,1-2H3,(H,19,23). The Morgan fingerprint density at radius 3 is 2.60 bits per heavy atom. The van der Waals surface area contributed by atoms with Crippen LogP contribution < -0.4 is 15.7 Å². The van der Waals surface area contributed by atoms with Crippen molar-refractivity contribution in [1.29, 1.82) is 0 Å². The molecule has 1 N–H and O–H groups in total. The second kappa shape index (κ2) is 7.58. The molecule has 0 atom stereocenters. The molecule has 1 saturated carbocycles. The Bertz CT molecular complexity index is 661. The van der Waals surface area contributed by atoms with Gasteiger partial charge in [0.25, 0.3) is 5.91 Å². The fourth-order valence-corrected chi connectivity index (χ4v) is 3.62. The van der Waals surface area contributed by atoms with E-state index in [0.717, 1.165) is 39.0 Å². The molecule has 1 saturated heterocycles. The van der Waals surface area contributed by atoms with Crippen molar-refractivity contribution < 1.29 is 13.9 Å². The van der Waals surface area contributed by atoms with Gasteiger partial charge in [-0.15, -0.1) is 0 Å². The molecule has 1 amide bonds. The van der Waals surface area contributed by atoms with Gasteiger partial charge in [-0.05, 0) is 33.2 Å². The van der Waals surface area contributed by atoms with Gasteiger partial charge in [-0.2, -0.15) is 0 Å². The smallest absolute Gasteiger partial charge is 0.340 e. The van der Waals surface area contributed by atoms with E-state index in [-0.39, 0.29) is 17.2 Å². The highest BCUT2D eigenvalue weighted by Gasteiger charge is 2.43. The van der Waals surface area contributed by atoms with Crippen molar-refractivity contribution >= 4 is 5.91 Å². The van der Waals surface area contributed by atoms with Crippen LogP contribution in [0.4, 0.5) is 0 Å². The molecule has 2 fully saturated rings. The van der Waals surface area contributed by atoms with Gasteiger partial charge in [-0.3, -0.25) is 9.69 Å². The molecule has 0 aromatic carbocycles. The van der Waals surface area contributed by atoms with E-state index in [1.807, 2.05) is 6.92 Å². The van der Waals surface area contributed by atoms with E-state index in [1.165, 1.54) is 18.6 Å². The molecule has 0 bridgehead atoms. The zero-order valence-corrected chi connectivity index (χ0v) is 15.0. The Morgan fingerprint density at radius 1 is 1.28 bits per heavy atom. The molecule has 1 aromatic rings. The van der Waals surface area contributed by atoms with Gasteiger partial charge < -0.3 is 19.4 Å². The summed E-state index contributed by atoms with van der Waals surface area (Å²) >= 11 is 0. The van der Waals surface area contributed by atoms with Crippen LogP contribution in [0.3, 0.4) is 0 Å². The lowest BCUT2D eigenvalue weighted by Gasteiger charge is -2.52. The van der Waals surface area contributed by atoms with Crippen LogP contribution in [0.5, 0.6) is 5.75 Å². The number of likely N-dealkylation sites (N-methyl/N-ethyl adjacent to an activating group) is 1. The molecule has 138 valence electrons. The molecule has 1 aromatic heterocycles. The Balaban J connectivity index is 1.64. The van der Waals surface area contributed by atoms with Gasteiger partial charge in [-0.25, -0.2) is 4.79 Å². The Kier molecular flexibility index (Phi) is 5.44. The summed E-state index contributed by atoms with van der Waals surface area (Å²) in [4.78, 5) is 28.9. The van der Waals surface area contributed by atoms with Gasteiger partial charge in [0.2, 0.25) is 0 Å². The molecule has 2 aliphatic rings. The number of nitrogens with zero attached hydrogens (tertiary/aromatic N) is 2. The maximum Gasteiger partial charge on any atom is 0.340 e. The van der Waals surface area contributed by atoms with Crippen molar-refractivity contribution in [3.05, 3.63) is 28.3 Å². The fourth-order valence-electron chi connectivity index (χ4n) is 3.62. The van der Waals surface area contributed by atoms with E-state index in [9.17, 15) is 9.59 Å². The molecule has 1 aliphatic carbocycles. The first-order valence-electron chi connectivity index (χ1n) is 9.02. The van der Waals surface area contributed by atoms with Crippen molar-refractivity contribution in [3.63, 3.8) is 0 Å². The molecule has 7 heteroatoms. The number of rotatable bonds is 6. The highest BCUT2D eigenvalue weighted by Crippen LogP contribution is 2.37. The molecule has 0 radical (unpaired) electrons. The lowest BCUT2D eigenvalue weighted by atomic mass is 9.74. The third-order valence-corrected chi connectivity index (χ3v) is 5.32. The first-order valence-corrected chi connectivity index (χ1v) is 9.02. The zero-order chi connectivity index (χ0) is 17.9. The van der Waals surface area contributed by atoms with Crippen molar-refractivity contribution in [3.8, 4) is 5.75 Å². The van der Waals surface area contributed by atoms with Crippen molar-refractivity contribution in [2.45, 2.75) is 31.7 Å². The predicted octanol–water partition coefficient (Wildman–Crippen LogP) is 0.938. The molecule has 25 heavy (non-hydrogen) atoms. The van der Waals surface area contributed by atoms with Crippen molar-refractivity contribution in [1.82, 2.24) is 15.1 Å². The molecular formula is C18H27N3O4. The van der Waals surface area contributed by atoms with Gasteiger partial charge in [0.15, 0.2) is 5.76 Å². The van der Waals surface area contributed by atoms with Gasteiger partial charge in [0.05, 0.1) is 12.7 Å². The summed E-state index contributed by atoms with van der Waals surface area (Å²) in [5, 5.41) is 2.96. The SMILES string of the molecule is CCOc1cc(C(=O)NCC2(N3CCN(C)CC3)CCC2)oc(=O)c1. The monoisotopic (exact) mass is 349 g/mol. The highest BCUT2D eigenvalue weighted by molar-refractivity contribution is 5.91. The predicted molar refractivity (Wildman–Crippen MR) is 94.1 cm³/mol. The van der Waals surface area contributed by atoms with Crippen molar-refractivity contribution in [2.24, 2.45) is 0 Å². The molecule has 2 heterocycles. The average Bonchev–Trinajstić information content (AvgIpc) is 2.55. The second-order valence-corrected chi connectivity index (χ2v) is 6.96. The highest BCUT2D eigenvalue weighted by atomic mass is 16.5. The van der Waals surface area contributed by atoms with E-state index in [2.05, 4.69) is 22.2 Å². The minimum Gasteiger partial charge on any atom is -0.493 e. The third kappa shape index (κ3) is 4.04. The Hall–Kier alpha value is -1.86. The van der Waals surface area contributed by atoms with Crippen molar-refractivity contribution in [2.75, 3.05) is 46.4 Å². The first-order chi connectivity index (χ1) is 12.0. The van der Waals surface area contributed by atoms with Crippen LogP contribution in [0.2, 0.25) is 0 Å². The summed E-state index contributed by atoms with van der Waals surface area (Å²) in [6, 6.07) is 2.72. The van der Waals surface area contributed by atoms with Crippen LogP contribution in [-0.4, -0.2) is 67.6 Å². The maximum atomic E-state index is 12.4. The normalized spacial score (nSPS) is 20.7. The topological polar surface area (TPSA) is 75.0 Å². The number of hydrogen-bond acceptors (Lipinski definition) is 6. The number of amides is 1. The number of ether oxygens (including phenoxy) is 1. The van der Waals surface area contributed by atoms with E-state index in [4.69, 9.17) is 9.15 Å². The fraction of sp³-hybridized carbons (Fsp3) is 0.667. The summed E-state index contributed by atoms with van der Waals surface area (Å²) < 4.78 is 10.3. The minimum atomic E-state index is -0.575. The van der Waals surface area contributed by atoms with Gasteiger partial charge in [0, 0.05) is 44.3 Å². The van der Waals surface area contributed by atoms with Crippen LogP contribution in [0.1, 0.15) is 36.7 Å². The largest absolute Gasteiger partial charge is 0.493 e. The summed E-state index contributed by atoms with van der Waals surface area (Å²) in [5.74, 6) is 0.00387. The number of nitrogens with one attached hydrogen (secondary N) is 1. The zero-order valence-electron chi connectivity index (χ0n) is 15.0. The van der Waals surface area contributed by atoms with Gasteiger partial charge in [0.1, 0.15) is 5.75 Å². The number of hydrogen-bond donors (Lipinski definition) is 1. The van der Waals surface area contributed by atoms with E-state index in [0.29, 0.717) is 18.9 Å². The second-order valence-electron chi connectivity index (χ2n) is 6.96. The van der Waals surface area contributed by atoms with E-state index >= 15 is 0 Å². The summed E-state index contributed by atoms with van der Waals surface area (Å²) in [6.07, 6.45) is 3.39. The molecule has 1 aliphatic heterocycles. The van der Waals surface area contributed by atoms with Crippen LogP contribution in [0, 0.1) is 0 Å². The van der Waals surface area contributed by atoms with Crippen LogP contribution in [0.25, 0.3) is 0 Å². The number of carbonyl (C=O) groups excluding carboxylic acids is 1. The third-order valence-electron chi connectivity index (χ3n) is 5.32. The van der Waals surface area contributed by atoms with E-state index < -0.39 is 5.63 Å². The molecule has 7 nitrogen and oxygen atoms in total. The molecule has 0 spiro atoms. The summed E-state index contributed by atoms with van der Waals surface area (Å²) in [7, 11) is 2.14.